The second-order valence-electron chi connectivity index (χ2n) is 6.47. The lowest BCUT2D eigenvalue weighted by molar-refractivity contribution is 0.196. The monoisotopic (exact) mass is 340 g/mol. The minimum atomic E-state index is -3.17. The zero-order chi connectivity index (χ0) is 16.9. The van der Waals surface area contributed by atoms with E-state index in [0.717, 1.165) is 43.7 Å². The standard InChI is InChI=1S/C17H28N2O3S/c1-18-11-8-16(9-12-18)14-19(23(3,20)21)13-10-15-4-6-17(22-2)7-5-15/h4-7,16H,8-14H2,1-3H3. The maximum atomic E-state index is 12.1. The van der Waals surface area contributed by atoms with E-state index in [1.807, 2.05) is 24.3 Å². The topological polar surface area (TPSA) is 49.9 Å². The summed E-state index contributed by atoms with van der Waals surface area (Å²) in [5.74, 6) is 1.29. The molecule has 1 heterocycles. The molecule has 130 valence electrons. The van der Waals surface area contributed by atoms with Gasteiger partial charge in [-0.2, -0.15) is 0 Å². The maximum absolute atomic E-state index is 12.1. The third-order valence-electron chi connectivity index (χ3n) is 4.58. The molecule has 1 aromatic carbocycles. The molecule has 0 amide bonds. The largest absolute Gasteiger partial charge is 0.497 e. The highest BCUT2D eigenvalue weighted by Gasteiger charge is 2.24. The van der Waals surface area contributed by atoms with Gasteiger partial charge in [0.05, 0.1) is 13.4 Å². The van der Waals surface area contributed by atoms with Crippen molar-refractivity contribution in [1.82, 2.24) is 9.21 Å². The molecule has 0 spiro atoms. The third-order valence-corrected chi connectivity index (χ3v) is 5.85. The molecule has 23 heavy (non-hydrogen) atoms. The summed E-state index contributed by atoms with van der Waals surface area (Å²) in [4.78, 5) is 2.30. The number of nitrogens with zero attached hydrogens (tertiary/aromatic N) is 2. The average Bonchev–Trinajstić information content (AvgIpc) is 2.52. The van der Waals surface area contributed by atoms with Crippen LogP contribution in [0, 0.1) is 5.92 Å². The van der Waals surface area contributed by atoms with Gasteiger partial charge in [-0.25, -0.2) is 12.7 Å². The molecule has 1 aliphatic rings. The van der Waals surface area contributed by atoms with E-state index in [1.165, 1.54) is 6.26 Å². The lowest BCUT2D eigenvalue weighted by atomic mass is 9.97. The zero-order valence-electron chi connectivity index (χ0n) is 14.4. The summed E-state index contributed by atoms with van der Waals surface area (Å²) in [6.07, 6.45) is 4.19. The molecule has 2 rings (SSSR count). The van der Waals surface area contributed by atoms with E-state index in [1.54, 1.807) is 11.4 Å². The molecule has 1 aliphatic heterocycles. The predicted octanol–water partition coefficient (Wildman–Crippen LogP) is 1.84. The molecule has 1 aromatic rings. The van der Waals surface area contributed by atoms with E-state index < -0.39 is 10.0 Å². The number of piperidine rings is 1. The summed E-state index contributed by atoms with van der Waals surface area (Å²) in [6.45, 7) is 3.29. The highest BCUT2D eigenvalue weighted by atomic mass is 32.2. The number of sulfonamides is 1. The van der Waals surface area contributed by atoms with E-state index in [9.17, 15) is 8.42 Å². The minimum absolute atomic E-state index is 0.469. The first-order valence-corrected chi connectivity index (χ1v) is 10.00. The van der Waals surface area contributed by atoms with E-state index >= 15 is 0 Å². The Bertz CT molecular complexity index is 578. The zero-order valence-corrected chi connectivity index (χ0v) is 15.2. The summed E-state index contributed by atoms with van der Waals surface area (Å²) in [5, 5.41) is 0. The van der Waals surface area contributed by atoms with Gasteiger partial charge in [-0.05, 0) is 63.0 Å². The summed E-state index contributed by atoms with van der Waals surface area (Å²) in [6, 6.07) is 7.82. The number of hydrogen-bond donors (Lipinski definition) is 0. The van der Waals surface area contributed by atoms with Gasteiger partial charge in [-0.15, -0.1) is 0 Å². The summed E-state index contributed by atoms with van der Waals surface area (Å²) >= 11 is 0. The number of likely N-dealkylation sites (tertiary alicyclic amines) is 1. The summed E-state index contributed by atoms with van der Waals surface area (Å²) in [5.41, 5.74) is 1.13. The molecular formula is C17H28N2O3S. The fraction of sp³-hybridized carbons (Fsp3) is 0.647. The van der Waals surface area contributed by atoms with Gasteiger partial charge < -0.3 is 9.64 Å². The Kier molecular flexibility index (Phi) is 6.44. The molecule has 0 aliphatic carbocycles. The normalized spacial score (nSPS) is 17.6. The molecule has 0 aromatic heterocycles. The van der Waals surface area contributed by atoms with Gasteiger partial charge in [0.15, 0.2) is 0 Å². The van der Waals surface area contributed by atoms with Crippen LogP contribution in [-0.4, -0.2) is 64.2 Å². The summed E-state index contributed by atoms with van der Waals surface area (Å²) < 4.78 is 31.0. The van der Waals surface area contributed by atoms with Crippen LogP contribution in [0.5, 0.6) is 5.75 Å². The second kappa shape index (κ2) is 8.13. The van der Waals surface area contributed by atoms with E-state index in [0.29, 0.717) is 19.0 Å². The Morgan fingerprint density at radius 3 is 2.35 bits per heavy atom. The first-order chi connectivity index (χ1) is 10.9. The number of benzene rings is 1. The Hall–Kier alpha value is -1.11. The number of hydrogen-bond acceptors (Lipinski definition) is 4. The molecule has 0 saturated carbocycles. The van der Waals surface area contributed by atoms with E-state index in [2.05, 4.69) is 11.9 Å². The maximum Gasteiger partial charge on any atom is 0.211 e. The fourth-order valence-corrected chi connectivity index (χ4v) is 3.88. The first kappa shape index (κ1) is 18.2. The van der Waals surface area contributed by atoms with Crippen molar-refractivity contribution in [3.05, 3.63) is 29.8 Å². The number of ether oxygens (including phenoxy) is 1. The average molecular weight is 340 g/mol. The van der Waals surface area contributed by atoms with Crippen LogP contribution in [0.1, 0.15) is 18.4 Å². The van der Waals surface area contributed by atoms with Gasteiger partial charge in [-0.3, -0.25) is 0 Å². The van der Waals surface area contributed by atoms with Crippen LogP contribution in [0.2, 0.25) is 0 Å². The van der Waals surface area contributed by atoms with Crippen molar-refractivity contribution in [2.45, 2.75) is 19.3 Å². The highest BCUT2D eigenvalue weighted by molar-refractivity contribution is 7.88. The van der Waals surface area contributed by atoms with Crippen LogP contribution < -0.4 is 4.74 Å². The summed E-state index contributed by atoms with van der Waals surface area (Å²) in [7, 11) is 0.594. The van der Waals surface area contributed by atoms with Gasteiger partial charge in [-0.1, -0.05) is 12.1 Å². The van der Waals surface area contributed by atoms with Crippen molar-refractivity contribution in [3.63, 3.8) is 0 Å². The van der Waals surface area contributed by atoms with Crippen molar-refractivity contribution >= 4 is 10.0 Å². The lowest BCUT2D eigenvalue weighted by Gasteiger charge is -2.32. The molecule has 1 fully saturated rings. The predicted molar refractivity (Wildman–Crippen MR) is 93.3 cm³/mol. The quantitative estimate of drug-likeness (QED) is 0.760. The Morgan fingerprint density at radius 2 is 1.83 bits per heavy atom. The van der Waals surface area contributed by atoms with Gasteiger partial charge in [0.25, 0.3) is 0 Å². The van der Waals surface area contributed by atoms with Crippen LogP contribution in [0.25, 0.3) is 0 Å². The van der Waals surface area contributed by atoms with Gasteiger partial charge in [0, 0.05) is 13.1 Å². The highest BCUT2D eigenvalue weighted by Crippen LogP contribution is 2.19. The van der Waals surface area contributed by atoms with E-state index in [4.69, 9.17) is 4.74 Å². The van der Waals surface area contributed by atoms with Crippen molar-refractivity contribution in [2.24, 2.45) is 5.92 Å². The molecular weight excluding hydrogens is 312 g/mol. The van der Waals surface area contributed by atoms with E-state index in [-0.39, 0.29) is 0 Å². The van der Waals surface area contributed by atoms with Crippen molar-refractivity contribution in [2.75, 3.05) is 46.6 Å². The smallest absolute Gasteiger partial charge is 0.211 e. The lowest BCUT2D eigenvalue weighted by Crippen LogP contribution is -2.40. The SMILES string of the molecule is COc1ccc(CCN(CC2CCN(C)CC2)S(C)(=O)=O)cc1. The number of methoxy groups -OCH3 is 1. The van der Waals surface area contributed by atoms with Gasteiger partial charge in [0.2, 0.25) is 10.0 Å². The first-order valence-electron chi connectivity index (χ1n) is 8.15. The van der Waals surface area contributed by atoms with Crippen molar-refractivity contribution < 1.29 is 13.2 Å². The molecule has 0 bridgehead atoms. The van der Waals surface area contributed by atoms with Gasteiger partial charge in [0.1, 0.15) is 5.75 Å². The molecule has 5 nitrogen and oxygen atoms in total. The fourth-order valence-electron chi connectivity index (χ4n) is 2.97. The van der Waals surface area contributed by atoms with Crippen LogP contribution in [-0.2, 0) is 16.4 Å². The molecule has 0 atom stereocenters. The Labute approximate surface area is 140 Å². The van der Waals surface area contributed by atoms with Crippen LogP contribution >= 0.6 is 0 Å². The van der Waals surface area contributed by atoms with Crippen LogP contribution in [0.4, 0.5) is 0 Å². The molecule has 0 N–H and O–H groups in total. The Balaban J connectivity index is 1.93. The number of rotatable bonds is 7. The Morgan fingerprint density at radius 1 is 1.22 bits per heavy atom. The van der Waals surface area contributed by atoms with Crippen LogP contribution in [0.15, 0.2) is 24.3 Å². The third kappa shape index (κ3) is 5.79. The second-order valence-corrected chi connectivity index (χ2v) is 8.45. The van der Waals surface area contributed by atoms with Crippen LogP contribution in [0.3, 0.4) is 0 Å². The minimum Gasteiger partial charge on any atom is -0.497 e. The van der Waals surface area contributed by atoms with Crippen molar-refractivity contribution in [1.29, 1.82) is 0 Å². The van der Waals surface area contributed by atoms with Crippen molar-refractivity contribution in [3.8, 4) is 5.75 Å². The molecule has 0 radical (unpaired) electrons. The van der Waals surface area contributed by atoms with Gasteiger partial charge >= 0.3 is 0 Å². The molecule has 1 saturated heterocycles. The molecule has 0 unspecified atom stereocenters. The molecule has 6 heteroatoms.